The fourth-order valence-corrected chi connectivity index (χ4v) is 2.49. The van der Waals surface area contributed by atoms with Crippen LogP contribution in [0.5, 0.6) is 5.75 Å². The number of aryl methyl sites for hydroxylation is 1. The Morgan fingerprint density at radius 2 is 1.68 bits per heavy atom. The van der Waals surface area contributed by atoms with E-state index in [-0.39, 0.29) is 18.8 Å². The van der Waals surface area contributed by atoms with E-state index in [0.717, 1.165) is 11.1 Å². The molecule has 0 aromatic heterocycles. The molecule has 0 aliphatic rings. The van der Waals surface area contributed by atoms with Gasteiger partial charge in [0.05, 0.1) is 19.1 Å². The van der Waals surface area contributed by atoms with Gasteiger partial charge in [-0.3, -0.25) is 14.4 Å². The zero-order valence-corrected chi connectivity index (χ0v) is 16.1. The molecule has 1 amide bonds. The Bertz CT molecular complexity index is 786. The van der Waals surface area contributed by atoms with E-state index in [0.29, 0.717) is 12.2 Å². The monoisotopic (exact) mass is 383 g/mol. The molecule has 0 heterocycles. The van der Waals surface area contributed by atoms with Crippen LogP contribution in [0.25, 0.3) is 0 Å². The highest BCUT2D eigenvalue weighted by Crippen LogP contribution is 2.11. The lowest BCUT2D eigenvalue weighted by molar-refractivity contribution is -0.149. The molecule has 6 heteroatoms. The molecule has 0 unspecified atom stereocenters. The van der Waals surface area contributed by atoms with Crippen molar-refractivity contribution >= 4 is 17.7 Å². The second kappa shape index (κ2) is 10.9. The van der Waals surface area contributed by atoms with E-state index in [9.17, 15) is 14.4 Å². The van der Waals surface area contributed by atoms with Gasteiger partial charge in [-0.05, 0) is 38.0 Å². The van der Waals surface area contributed by atoms with Crippen molar-refractivity contribution in [2.45, 2.75) is 32.7 Å². The molecule has 0 radical (unpaired) electrons. The van der Waals surface area contributed by atoms with Crippen LogP contribution in [-0.4, -0.2) is 36.9 Å². The molecule has 0 saturated heterocycles. The summed E-state index contributed by atoms with van der Waals surface area (Å²) >= 11 is 0. The molecule has 148 valence electrons. The molecule has 1 atom stereocenters. The van der Waals surface area contributed by atoms with Crippen molar-refractivity contribution in [1.82, 2.24) is 5.32 Å². The number of nitrogens with one attached hydrogen (secondary N) is 1. The lowest BCUT2D eigenvalue weighted by atomic mass is 10.0. The van der Waals surface area contributed by atoms with Gasteiger partial charge in [-0.25, -0.2) is 0 Å². The van der Waals surface area contributed by atoms with Crippen molar-refractivity contribution < 1.29 is 23.9 Å². The van der Waals surface area contributed by atoms with Crippen LogP contribution < -0.4 is 10.1 Å². The van der Waals surface area contributed by atoms with Gasteiger partial charge in [0, 0.05) is 0 Å². The lowest BCUT2D eigenvalue weighted by Crippen LogP contribution is -2.43. The molecule has 0 aliphatic carbocycles. The number of ether oxygens (including phenoxy) is 2. The zero-order chi connectivity index (χ0) is 20.4. The minimum atomic E-state index is -0.654. The predicted molar refractivity (Wildman–Crippen MR) is 105 cm³/mol. The van der Waals surface area contributed by atoms with Crippen LogP contribution in [0.4, 0.5) is 0 Å². The maximum absolute atomic E-state index is 12.0. The number of Topliss-reactive ketones (excluding diaryl/α,β-unsaturated/α-hetero) is 1. The van der Waals surface area contributed by atoms with Crippen molar-refractivity contribution in [1.29, 1.82) is 0 Å². The highest BCUT2D eigenvalue weighted by molar-refractivity contribution is 5.88. The van der Waals surface area contributed by atoms with Gasteiger partial charge in [-0.1, -0.05) is 48.0 Å². The summed E-state index contributed by atoms with van der Waals surface area (Å²) in [7, 11) is 0. The molecule has 0 spiro atoms. The number of hydrogen-bond donors (Lipinski definition) is 1. The molecule has 2 aromatic carbocycles. The van der Waals surface area contributed by atoms with Gasteiger partial charge >= 0.3 is 5.97 Å². The smallest absolute Gasteiger partial charge is 0.309 e. The predicted octanol–water partition coefficient (Wildman–Crippen LogP) is 2.62. The Hall–Kier alpha value is -3.15. The molecule has 2 aromatic rings. The Morgan fingerprint density at radius 1 is 1.00 bits per heavy atom. The van der Waals surface area contributed by atoms with Crippen LogP contribution in [0.2, 0.25) is 0 Å². The van der Waals surface area contributed by atoms with Gasteiger partial charge < -0.3 is 14.8 Å². The Labute approximate surface area is 164 Å². The van der Waals surface area contributed by atoms with Gasteiger partial charge in [0.25, 0.3) is 5.91 Å². The zero-order valence-electron chi connectivity index (χ0n) is 16.1. The third kappa shape index (κ3) is 7.61. The van der Waals surface area contributed by atoms with Crippen LogP contribution >= 0.6 is 0 Å². The fraction of sp³-hybridized carbons (Fsp3) is 0.318. The number of carbonyl (C=O) groups excluding carboxylic acids is 3. The standard InChI is InChI=1S/C22H25NO5/c1-16-8-10-19(11-9-16)27-13-12-22(26)28-15-21(25)23-20(17(2)24)14-18-6-4-3-5-7-18/h3-11,20H,12-15H2,1-2H3,(H,23,25)/t20-/m0/s1. The van der Waals surface area contributed by atoms with E-state index < -0.39 is 24.5 Å². The summed E-state index contributed by atoms with van der Waals surface area (Å²) < 4.78 is 10.4. The summed E-state index contributed by atoms with van der Waals surface area (Å²) in [6.07, 6.45) is 0.418. The third-order valence-electron chi connectivity index (χ3n) is 4.07. The molecule has 6 nitrogen and oxygen atoms in total. The number of rotatable bonds is 10. The van der Waals surface area contributed by atoms with Crippen molar-refractivity contribution in [3.8, 4) is 5.75 Å². The number of esters is 1. The van der Waals surface area contributed by atoms with Gasteiger partial charge in [-0.15, -0.1) is 0 Å². The summed E-state index contributed by atoms with van der Waals surface area (Å²) in [5.41, 5.74) is 2.06. The number of benzene rings is 2. The normalized spacial score (nSPS) is 11.4. The van der Waals surface area contributed by atoms with E-state index in [1.165, 1.54) is 6.92 Å². The Morgan fingerprint density at radius 3 is 2.32 bits per heavy atom. The maximum Gasteiger partial charge on any atom is 0.309 e. The summed E-state index contributed by atoms with van der Waals surface area (Å²) in [6.45, 7) is 3.13. The van der Waals surface area contributed by atoms with Crippen LogP contribution in [0.3, 0.4) is 0 Å². The molecule has 0 saturated carbocycles. The maximum atomic E-state index is 12.0. The SMILES string of the molecule is CC(=O)[C@H](Cc1ccccc1)NC(=O)COC(=O)CCOc1ccc(C)cc1. The third-order valence-corrected chi connectivity index (χ3v) is 4.07. The molecule has 0 fully saturated rings. The Kier molecular flexibility index (Phi) is 8.21. The second-order valence-corrected chi connectivity index (χ2v) is 6.49. The molecule has 0 bridgehead atoms. The van der Waals surface area contributed by atoms with Crippen molar-refractivity contribution in [2.75, 3.05) is 13.2 Å². The number of carbonyl (C=O) groups is 3. The number of amides is 1. The number of hydrogen-bond acceptors (Lipinski definition) is 5. The molecule has 1 N–H and O–H groups in total. The largest absolute Gasteiger partial charge is 0.493 e. The van der Waals surface area contributed by atoms with Crippen LogP contribution in [0, 0.1) is 6.92 Å². The van der Waals surface area contributed by atoms with Crippen LogP contribution in [0.15, 0.2) is 54.6 Å². The van der Waals surface area contributed by atoms with Gasteiger partial charge in [0.15, 0.2) is 12.4 Å². The highest BCUT2D eigenvalue weighted by Gasteiger charge is 2.18. The fourth-order valence-electron chi connectivity index (χ4n) is 2.49. The van der Waals surface area contributed by atoms with Crippen molar-refractivity contribution in [2.24, 2.45) is 0 Å². The average Bonchev–Trinajstić information content (AvgIpc) is 2.68. The lowest BCUT2D eigenvalue weighted by Gasteiger charge is -2.16. The summed E-state index contributed by atoms with van der Waals surface area (Å²) in [5, 5.41) is 2.61. The van der Waals surface area contributed by atoms with E-state index in [1.807, 2.05) is 61.5 Å². The van der Waals surface area contributed by atoms with Crippen LogP contribution in [-0.2, 0) is 25.5 Å². The first-order valence-electron chi connectivity index (χ1n) is 9.13. The minimum absolute atomic E-state index is 0.0291. The van der Waals surface area contributed by atoms with Gasteiger partial charge in [-0.2, -0.15) is 0 Å². The highest BCUT2D eigenvalue weighted by atomic mass is 16.5. The van der Waals surface area contributed by atoms with Gasteiger partial charge in [0.2, 0.25) is 0 Å². The topological polar surface area (TPSA) is 81.7 Å². The first kappa shape index (κ1) is 21.2. The van der Waals surface area contributed by atoms with Crippen molar-refractivity contribution in [3.05, 3.63) is 65.7 Å². The molecular formula is C22H25NO5. The number of ketones is 1. The molecule has 28 heavy (non-hydrogen) atoms. The summed E-state index contributed by atoms with van der Waals surface area (Å²) in [5.74, 6) is -0.537. The van der Waals surface area contributed by atoms with Crippen molar-refractivity contribution in [3.63, 3.8) is 0 Å². The van der Waals surface area contributed by atoms with Crippen LogP contribution in [0.1, 0.15) is 24.5 Å². The van der Waals surface area contributed by atoms with E-state index in [1.54, 1.807) is 0 Å². The summed E-state index contributed by atoms with van der Waals surface area (Å²) in [6, 6.07) is 16.2. The molecule has 0 aliphatic heterocycles. The first-order valence-corrected chi connectivity index (χ1v) is 9.13. The molecule has 2 rings (SSSR count). The average molecular weight is 383 g/mol. The Balaban J connectivity index is 1.70. The van der Waals surface area contributed by atoms with Gasteiger partial charge in [0.1, 0.15) is 5.75 Å². The quantitative estimate of drug-likeness (QED) is 0.638. The summed E-state index contributed by atoms with van der Waals surface area (Å²) in [4.78, 5) is 35.5. The first-order chi connectivity index (χ1) is 13.4. The van der Waals surface area contributed by atoms with E-state index in [4.69, 9.17) is 9.47 Å². The van der Waals surface area contributed by atoms with E-state index >= 15 is 0 Å². The van der Waals surface area contributed by atoms with E-state index in [2.05, 4.69) is 5.32 Å². The second-order valence-electron chi connectivity index (χ2n) is 6.49. The minimum Gasteiger partial charge on any atom is -0.493 e. The molecular weight excluding hydrogens is 358 g/mol.